The molecule has 1 amide bonds. The lowest BCUT2D eigenvalue weighted by Crippen LogP contribution is -2.25. The number of carbonyl (C=O) groups excluding carboxylic acids is 1. The van der Waals surface area contributed by atoms with Crippen LogP contribution in [-0.2, 0) is 21.6 Å². The van der Waals surface area contributed by atoms with Gasteiger partial charge in [0, 0.05) is 25.4 Å². The molecule has 19 heavy (non-hydrogen) atoms. The molecule has 1 fully saturated rings. The van der Waals surface area contributed by atoms with Gasteiger partial charge >= 0.3 is 10.2 Å². The van der Waals surface area contributed by atoms with E-state index in [1.807, 2.05) is 31.2 Å². The molecule has 6 heteroatoms. The molecule has 0 bridgehead atoms. The summed E-state index contributed by atoms with van der Waals surface area (Å²) >= 11 is 0. The molecule has 0 radical (unpaired) electrons. The van der Waals surface area contributed by atoms with Crippen LogP contribution in [0.15, 0.2) is 24.3 Å². The van der Waals surface area contributed by atoms with Crippen molar-refractivity contribution in [3.05, 3.63) is 35.4 Å². The van der Waals surface area contributed by atoms with Crippen molar-refractivity contribution >= 4 is 16.1 Å². The summed E-state index contributed by atoms with van der Waals surface area (Å²) in [7, 11) is -4.51. The van der Waals surface area contributed by atoms with Gasteiger partial charge in [0.2, 0.25) is 5.91 Å². The lowest BCUT2D eigenvalue weighted by atomic mass is 10.1. The minimum absolute atomic E-state index is 0.106. The van der Waals surface area contributed by atoms with Gasteiger partial charge in [-0.05, 0) is 12.5 Å². The van der Waals surface area contributed by atoms with Crippen molar-refractivity contribution in [3.63, 3.8) is 0 Å². The molecule has 104 valence electrons. The van der Waals surface area contributed by atoms with Gasteiger partial charge in [-0.2, -0.15) is 8.42 Å². The molecule has 0 N–H and O–H groups in total. The highest BCUT2D eigenvalue weighted by molar-refractivity contribution is 7.86. The predicted octanol–water partition coefficient (Wildman–Crippen LogP) is 1.64. The van der Waals surface area contributed by atoms with Crippen molar-refractivity contribution in [2.75, 3.05) is 12.3 Å². The summed E-state index contributed by atoms with van der Waals surface area (Å²) in [5.41, 5.74) is 2.13. The SMILES string of the molecule is Cc1ccc(CN2CC(CS(=O)(=O)F)CC2=O)cc1. The van der Waals surface area contributed by atoms with Gasteiger partial charge in [0.1, 0.15) is 0 Å². The van der Waals surface area contributed by atoms with E-state index >= 15 is 0 Å². The molecule has 1 aromatic carbocycles. The molecule has 1 aliphatic rings. The summed E-state index contributed by atoms with van der Waals surface area (Å²) in [6.45, 7) is 2.73. The first-order chi connectivity index (χ1) is 8.83. The van der Waals surface area contributed by atoms with Crippen LogP contribution >= 0.6 is 0 Å². The monoisotopic (exact) mass is 285 g/mol. The van der Waals surface area contributed by atoms with Crippen LogP contribution in [0, 0.1) is 12.8 Å². The van der Waals surface area contributed by atoms with Crippen molar-refractivity contribution < 1.29 is 17.1 Å². The highest BCUT2D eigenvalue weighted by Gasteiger charge is 2.32. The minimum atomic E-state index is -4.51. The Morgan fingerprint density at radius 1 is 1.32 bits per heavy atom. The van der Waals surface area contributed by atoms with Crippen LogP contribution < -0.4 is 0 Å². The molecule has 0 spiro atoms. The average molecular weight is 285 g/mol. The molecule has 0 aromatic heterocycles. The summed E-state index contributed by atoms with van der Waals surface area (Å²) in [6, 6.07) is 7.78. The third-order valence-electron chi connectivity index (χ3n) is 3.22. The third-order valence-corrected chi connectivity index (χ3v) is 4.09. The number of rotatable bonds is 4. The fourth-order valence-electron chi connectivity index (χ4n) is 2.31. The first kappa shape index (κ1) is 14.0. The molecule has 1 aromatic rings. The van der Waals surface area contributed by atoms with Gasteiger partial charge in [-0.15, -0.1) is 3.89 Å². The van der Waals surface area contributed by atoms with Crippen LogP contribution in [0.5, 0.6) is 0 Å². The Morgan fingerprint density at radius 2 is 1.95 bits per heavy atom. The summed E-state index contributed by atoms with van der Waals surface area (Å²) in [4.78, 5) is 13.3. The predicted molar refractivity (Wildman–Crippen MR) is 69.6 cm³/mol. The Balaban J connectivity index is 1.98. The standard InChI is InChI=1S/C13H16FNO3S/c1-10-2-4-11(5-3-10)7-15-8-12(6-13(15)16)9-19(14,17)18/h2-5,12H,6-9H2,1H3. The van der Waals surface area contributed by atoms with Gasteiger partial charge in [0.25, 0.3) is 0 Å². The van der Waals surface area contributed by atoms with E-state index in [9.17, 15) is 17.1 Å². The van der Waals surface area contributed by atoms with Crippen molar-refractivity contribution in [2.45, 2.75) is 19.9 Å². The van der Waals surface area contributed by atoms with Crippen LogP contribution in [0.2, 0.25) is 0 Å². The summed E-state index contributed by atoms with van der Waals surface area (Å²) in [5.74, 6) is -1.12. The first-order valence-corrected chi connectivity index (χ1v) is 7.64. The molecule has 1 unspecified atom stereocenters. The van der Waals surface area contributed by atoms with Gasteiger partial charge < -0.3 is 4.90 Å². The van der Waals surface area contributed by atoms with E-state index in [-0.39, 0.29) is 12.3 Å². The third kappa shape index (κ3) is 4.02. The van der Waals surface area contributed by atoms with Crippen LogP contribution in [-0.4, -0.2) is 31.5 Å². The zero-order valence-electron chi connectivity index (χ0n) is 10.7. The number of likely N-dealkylation sites (tertiary alicyclic amines) is 1. The van der Waals surface area contributed by atoms with E-state index in [0.717, 1.165) is 11.1 Å². The smallest absolute Gasteiger partial charge is 0.302 e. The van der Waals surface area contributed by atoms with Crippen LogP contribution in [0.4, 0.5) is 3.89 Å². The molecular formula is C13H16FNO3S. The van der Waals surface area contributed by atoms with E-state index in [2.05, 4.69) is 0 Å². The van der Waals surface area contributed by atoms with Crippen molar-refractivity contribution in [3.8, 4) is 0 Å². The maximum atomic E-state index is 12.6. The number of nitrogens with zero attached hydrogens (tertiary/aromatic N) is 1. The zero-order valence-corrected chi connectivity index (χ0v) is 11.5. The molecule has 1 saturated heterocycles. The van der Waals surface area contributed by atoms with E-state index in [1.165, 1.54) is 0 Å². The Kier molecular flexibility index (Phi) is 3.89. The zero-order chi connectivity index (χ0) is 14.0. The number of hydrogen-bond acceptors (Lipinski definition) is 3. The molecule has 4 nitrogen and oxygen atoms in total. The number of amides is 1. The molecule has 0 aliphatic carbocycles. The number of halogens is 1. The van der Waals surface area contributed by atoms with Crippen molar-refractivity contribution in [1.82, 2.24) is 4.90 Å². The van der Waals surface area contributed by atoms with Crippen LogP contribution in [0.1, 0.15) is 17.5 Å². The number of aryl methyl sites for hydroxylation is 1. The lowest BCUT2D eigenvalue weighted by molar-refractivity contribution is -0.128. The molecule has 2 rings (SSSR count). The van der Waals surface area contributed by atoms with Gasteiger partial charge in [0.15, 0.2) is 0 Å². The summed E-state index contributed by atoms with van der Waals surface area (Å²) in [6.07, 6.45) is 0.106. The van der Waals surface area contributed by atoms with Gasteiger partial charge in [0.05, 0.1) is 5.75 Å². The van der Waals surface area contributed by atoms with Crippen molar-refractivity contribution in [2.24, 2.45) is 5.92 Å². The Hall–Kier alpha value is -1.43. The molecule has 1 aliphatic heterocycles. The normalized spacial score (nSPS) is 20.0. The fraction of sp³-hybridized carbons (Fsp3) is 0.462. The molecule has 1 atom stereocenters. The second-order valence-corrected chi connectivity index (χ2v) is 6.45. The highest BCUT2D eigenvalue weighted by Crippen LogP contribution is 2.22. The number of carbonyl (C=O) groups is 1. The van der Waals surface area contributed by atoms with Crippen molar-refractivity contribution in [1.29, 1.82) is 0 Å². The maximum absolute atomic E-state index is 12.6. The Morgan fingerprint density at radius 3 is 2.53 bits per heavy atom. The second-order valence-electron chi connectivity index (χ2n) is 5.04. The van der Waals surface area contributed by atoms with Gasteiger partial charge in [-0.1, -0.05) is 29.8 Å². The van der Waals surface area contributed by atoms with E-state index in [0.29, 0.717) is 13.1 Å². The molecule has 0 saturated carbocycles. The quantitative estimate of drug-likeness (QED) is 0.790. The Bertz CT molecular complexity index is 568. The highest BCUT2D eigenvalue weighted by atomic mass is 32.3. The molecular weight excluding hydrogens is 269 g/mol. The van der Waals surface area contributed by atoms with E-state index in [1.54, 1.807) is 4.90 Å². The van der Waals surface area contributed by atoms with Crippen LogP contribution in [0.3, 0.4) is 0 Å². The average Bonchev–Trinajstić information content (AvgIpc) is 2.60. The topological polar surface area (TPSA) is 54.5 Å². The van der Waals surface area contributed by atoms with Gasteiger partial charge in [-0.25, -0.2) is 0 Å². The fourth-order valence-corrected chi connectivity index (χ4v) is 3.10. The number of hydrogen-bond donors (Lipinski definition) is 0. The summed E-state index contributed by atoms with van der Waals surface area (Å²) in [5, 5.41) is 0. The van der Waals surface area contributed by atoms with Gasteiger partial charge in [-0.3, -0.25) is 4.79 Å². The van der Waals surface area contributed by atoms with E-state index in [4.69, 9.17) is 0 Å². The van der Waals surface area contributed by atoms with Crippen LogP contribution in [0.25, 0.3) is 0 Å². The second kappa shape index (κ2) is 5.28. The first-order valence-electron chi connectivity index (χ1n) is 6.09. The minimum Gasteiger partial charge on any atom is -0.338 e. The largest absolute Gasteiger partial charge is 0.338 e. The number of benzene rings is 1. The lowest BCUT2D eigenvalue weighted by Gasteiger charge is -2.16. The molecule has 1 heterocycles. The Labute approximate surface area is 112 Å². The maximum Gasteiger partial charge on any atom is 0.302 e. The van der Waals surface area contributed by atoms with E-state index < -0.39 is 21.9 Å². The summed E-state index contributed by atoms with van der Waals surface area (Å²) < 4.78 is 33.8.